The summed E-state index contributed by atoms with van der Waals surface area (Å²) in [5.74, 6) is 0.536. The lowest BCUT2D eigenvalue weighted by molar-refractivity contribution is 0.0584. The Morgan fingerprint density at radius 1 is 1.38 bits per heavy atom. The van der Waals surface area contributed by atoms with E-state index in [-0.39, 0.29) is 6.04 Å². The Labute approximate surface area is 102 Å². The van der Waals surface area contributed by atoms with Crippen molar-refractivity contribution < 1.29 is 4.74 Å². The van der Waals surface area contributed by atoms with Crippen molar-refractivity contribution >= 4 is 11.6 Å². The highest BCUT2D eigenvalue weighted by Crippen LogP contribution is 2.29. The molecule has 1 atom stereocenters. The lowest BCUT2D eigenvalue weighted by Crippen LogP contribution is -2.27. The van der Waals surface area contributed by atoms with Gasteiger partial charge in [-0.05, 0) is 42.9 Å². The highest BCUT2D eigenvalue weighted by molar-refractivity contribution is 6.31. The fourth-order valence-corrected chi connectivity index (χ4v) is 2.34. The Balaban J connectivity index is 2.12. The van der Waals surface area contributed by atoms with Gasteiger partial charge in [-0.3, -0.25) is 0 Å². The van der Waals surface area contributed by atoms with Gasteiger partial charge >= 0.3 is 0 Å². The summed E-state index contributed by atoms with van der Waals surface area (Å²) in [6, 6.07) is 6.18. The van der Waals surface area contributed by atoms with Gasteiger partial charge in [0, 0.05) is 24.3 Å². The molecule has 16 heavy (non-hydrogen) atoms. The van der Waals surface area contributed by atoms with Crippen molar-refractivity contribution in [3.05, 3.63) is 34.3 Å². The van der Waals surface area contributed by atoms with Crippen LogP contribution in [0.4, 0.5) is 0 Å². The Morgan fingerprint density at radius 3 is 2.69 bits per heavy atom. The Bertz CT molecular complexity index is 361. The first-order valence-electron chi connectivity index (χ1n) is 5.78. The molecule has 1 aliphatic heterocycles. The van der Waals surface area contributed by atoms with Gasteiger partial charge in [-0.15, -0.1) is 0 Å². The molecule has 2 nitrogen and oxygen atoms in total. The van der Waals surface area contributed by atoms with Crippen LogP contribution in [0.3, 0.4) is 0 Å². The molecular weight excluding hydrogens is 222 g/mol. The van der Waals surface area contributed by atoms with E-state index in [1.807, 2.05) is 19.1 Å². The van der Waals surface area contributed by atoms with Gasteiger partial charge in [0.25, 0.3) is 0 Å². The highest BCUT2D eigenvalue weighted by Gasteiger charge is 2.22. The summed E-state index contributed by atoms with van der Waals surface area (Å²) < 4.78 is 5.35. The van der Waals surface area contributed by atoms with Crippen LogP contribution in [0.5, 0.6) is 0 Å². The van der Waals surface area contributed by atoms with Crippen molar-refractivity contribution in [1.82, 2.24) is 0 Å². The summed E-state index contributed by atoms with van der Waals surface area (Å²) >= 11 is 6.01. The molecule has 1 heterocycles. The van der Waals surface area contributed by atoms with Crippen LogP contribution < -0.4 is 5.73 Å². The first-order chi connectivity index (χ1) is 7.68. The molecule has 3 heteroatoms. The van der Waals surface area contributed by atoms with Gasteiger partial charge in [0.15, 0.2) is 0 Å². The number of ether oxygens (including phenoxy) is 1. The zero-order chi connectivity index (χ0) is 11.5. The van der Waals surface area contributed by atoms with Gasteiger partial charge in [0.2, 0.25) is 0 Å². The first kappa shape index (κ1) is 11.9. The topological polar surface area (TPSA) is 35.2 Å². The van der Waals surface area contributed by atoms with E-state index < -0.39 is 0 Å². The lowest BCUT2D eigenvalue weighted by Gasteiger charge is -2.28. The number of rotatable bonds is 2. The van der Waals surface area contributed by atoms with E-state index in [1.165, 1.54) is 5.56 Å². The predicted octanol–water partition coefficient (Wildman–Crippen LogP) is 3.07. The molecule has 2 N–H and O–H groups in total. The normalized spacial score (nSPS) is 19.7. The molecule has 0 bridgehead atoms. The molecule has 0 amide bonds. The molecule has 1 aromatic carbocycles. The van der Waals surface area contributed by atoms with Crippen LogP contribution in [-0.4, -0.2) is 13.2 Å². The van der Waals surface area contributed by atoms with E-state index >= 15 is 0 Å². The standard InChI is InChI=1S/C13H18ClNO/c1-9-8-11(2-3-12(9)14)13(15)10-4-6-16-7-5-10/h2-3,8,10,13H,4-7,15H2,1H3. The summed E-state index contributed by atoms with van der Waals surface area (Å²) in [4.78, 5) is 0. The van der Waals surface area contributed by atoms with Crippen molar-refractivity contribution in [2.75, 3.05) is 13.2 Å². The minimum Gasteiger partial charge on any atom is -0.381 e. The minimum atomic E-state index is 0.111. The summed E-state index contributed by atoms with van der Waals surface area (Å²) in [7, 11) is 0. The van der Waals surface area contributed by atoms with Crippen molar-refractivity contribution in [3.63, 3.8) is 0 Å². The first-order valence-corrected chi connectivity index (χ1v) is 6.15. The summed E-state index contributed by atoms with van der Waals surface area (Å²) in [6.45, 7) is 3.69. The third-order valence-electron chi connectivity index (χ3n) is 3.34. The third kappa shape index (κ3) is 2.57. The predicted molar refractivity (Wildman–Crippen MR) is 66.7 cm³/mol. The van der Waals surface area contributed by atoms with E-state index in [0.717, 1.165) is 36.6 Å². The zero-order valence-corrected chi connectivity index (χ0v) is 10.3. The molecule has 88 valence electrons. The maximum Gasteiger partial charge on any atom is 0.0469 e. The summed E-state index contributed by atoms with van der Waals surface area (Å²) in [5, 5.41) is 0.808. The van der Waals surface area contributed by atoms with Gasteiger partial charge in [-0.25, -0.2) is 0 Å². The van der Waals surface area contributed by atoms with E-state index in [9.17, 15) is 0 Å². The van der Waals surface area contributed by atoms with Crippen LogP contribution in [0.15, 0.2) is 18.2 Å². The average molecular weight is 240 g/mol. The number of halogens is 1. The second-order valence-corrected chi connectivity index (χ2v) is 4.89. The smallest absolute Gasteiger partial charge is 0.0469 e. The van der Waals surface area contributed by atoms with E-state index in [2.05, 4.69) is 6.07 Å². The second kappa shape index (κ2) is 5.17. The number of hydrogen-bond acceptors (Lipinski definition) is 2. The maximum absolute atomic E-state index is 6.29. The SMILES string of the molecule is Cc1cc(C(N)C2CCOCC2)ccc1Cl. The van der Waals surface area contributed by atoms with Crippen LogP contribution in [0.25, 0.3) is 0 Å². The Morgan fingerprint density at radius 2 is 2.06 bits per heavy atom. The van der Waals surface area contributed by atoms with Crippen LogP contribution in [-0.2, 0) is 4.74 Å². The van der Waals surface area contributed by atoms with Gasteiger partial charge in [-0.1, -0.05) is 23.7 Å². The summed E-state index contributed by atoms with van der Waals surface area (Å²) in [5.41, 5.74) is 8.58. The van der Waals surface area contributed by atoms with Gasteiger partial charge in [0.1, 0.15) is 0 Å². The average Bonchev–Trinajstić information content (AvgIpc) is 2.33. The highest BCUT2D eigenvalue weighted by atomic mass is 35.5. The van der Waals surface area contributed by atoms with Crippen LogP contribution >= 0.6 is 11.6 Å². The molecule has 0 saturated carbocycles. The fraction of sp³-hybridized carbons (Fsp3) is 0.538. The fourth-order valence-electron chi connectivity index (χ4n) is 2.22. The Kier molecular flexibility index (Phi) is 3.85. The molecular formula is C13H18ClNO. The number of benzene rings is 1. The van der Waals surface area contributed by atoms with E-state index in [1.54, 1.807) is 0 Å². The lowest BCUT2D eigenvalue weighted by atomic mass is 9.87. The van der Waals surface area contributed by atoms with Gasteiger partial charge < -0.3 is 10.5 Å². The summed E-state index contributed by atoms with van der Waals surface area (Å²) in [6.07, 6.45) is 2.12. The minimum absolute atomic E-state index is 0.111. The molecule has 2 rings (SSSR count). The number of nitrogens with two attached hydrogens (primary N) is 1. The van der Waals surface area contributed by atoms with Crippen LogP contribution in [0, 0.1) is 12.8 Å². The van der Waals surface area contributed by atoms with Crippen LogP contribution in [0.2, 0.25) is 5.02 Å². The van der Waals surface area contributed by atoms with Gasteiger partial charge in [-0.2, -0.15) is 0 Å². The van der Waals surface area contributed by atoms with E-state index in [0.29, 0.717) is 5.92 Å². The maximum atomic E-state index is 6.29. The molecule has 0 spiro atoms. The quantitative estimate of drug-likeness (QED) is 0.861. The van der Waals surface area contributed by atoms with Crippen molar-refractivity contribution in [1.29, 1.82) is 0 Å². The van der Waals surface area contributed by atoms with Gasteiger partial charge in [0.05, 0.1) is 0 Å². The molecule has 0 aromatic heterocycles. The molecule has 1 aliphatic rings. The van der Waals surface area contributed by atoms with Crippen molar-refractivity contribution in [2.24, 2.45) is 11.7 Å². The van der Waals surface area contributed by atoms with Crippen molar-refractivity contribution in [3.8, 4) is 0 Å². The third-order valence-corrected chi connectivity index (χ3v) is 3.76. The molecule has 0 aliphatic carbocycles. The largest absolute Gasteiger partial charge is 0.381 e. The van der Waals surface area contributed by atoms with E-state index in [4.69, 9.17) is 22.1 Å². The molecule has 1 unspecified atom stereocenters. The molecule has 1 aromatic rings. The van der Waals surface area contributed by atoms with Crippen molar-refractivity contribution in [2.45, 2.75) is 25.8 Å². The Hall–Kier alpha value is -0.570. The monoisotopic (exact) mass is 239 g/mol. The molecule has 0 radical (unpaired) electrons. The zero-order valence-electron chi connectivity index (χ0n) is 9.58. The molecule has 1 saturated heterocycles. The molecule has 1 fully saturated rings. The van der Waals surface area contributed by atoms with Crippen LogP contribution in [0.1, 0.15) is 30.0 Å². The number of hydrogen-bond donors (Lipinski definition) is 1. The second-order valence-electron chi connectivity index (χ2n) is 4.48. The number of aryl methyl sites for hydroxylation is 1.